The number of hydrogen-bond donors (Lipinski definition) is 1. The SMILES string of the molecule is [2H]c1nc(-c2cc(-c3cccc4c3nc(-c3cc(C(C)(C)C)cc(C(C)(C)C)c3O)n4-c3ccc(C)cc3-c3ccccc3)cc(C(C)(C)C)c2)c([2H])c(-c2c([2H])c([2H])c(C(C)(C)C)c([2H])c2[2H])c1[2H]. The number of pyridine rings is 1. The van der Waals surface area contributed by atoms with Gasteiger partial charge in [0.05, 0.1) is 37.6 Å². The smallest absolute Gasteiger partial charge is 0.149 e. The molecule has 0 aliphatic heterocycles. The lowest BCUT2D eigenvalue weighted by Crippen LogP contribution is -2.17. The average Bonchev–Trinajstić information content (AvgIpc) is 3.66. The van der Waals surface area contributed by atoms with Gasteiger partial charge in [0.2, 0.25) is 0 Å². The number of phenolic OH excluding ortho intramolecular Hbond substituents is 1. The van der Waals surface area contributed by atoms with Crippen LogP contribution in [-0.4, -0.2) is 19.6 Å². The second-order valence-electron chi connectivity index (χ2n) is 21.0. The second-order valence-corrected chi connectivity index (χ2v) is 21.0. The zero-order chi connectivity index (χ0) is 51.3. The van der Waals surface area contributed by atoms with E-state index in [9.17, 15) is 6.48 Å². The van der Waals surface area contributed by atoms with Crippen molar-refractivity contribution in [1.82, 2.24) is 14.5 Å². The fraction of sp³-hybridized carbons (Fsp3) is 0.288. The third-order valence-electron chi connectivity index (χ3n) is 11.8. The molecule has 0 spiro atoms. The molecule has 0 aliphatic rings. The standard InChI is InChI=1S/C59H63N3O/c1-37-22-27-51(47(30-37)39-18-15-14-16-19-39)62-52-21-17-20-46(53(52)61-55(62)48-35-45(58(8,9)10)36-49(54(48)63)59(11,12)13)41-31-42(33-44(32-41)57(5,6)7)50-34-40(28-29-60-50)38-23-25-43(26-24-38)56(2,3)4/h14-36,63H,1-13H3/i23D,24D,25D,26D,28D,29D,34D. The first-order valence-electron chi connectivity index (χ1n) is 25.3. The largest absolute Gasteiger partial charge is 0.507 e. The highest BCUT2D eigenvalue weighted by Crippen LogP contribution is 2.46. The summed E-state index contributed by atoms with van der Waals surface area (Å²) in [6, 6.07) is 30.9. The van der Waals surface area contributed by atoms with Crippen LogP contribution in [0.25, 0.3) is 72.7 Å². The highest BCUT2D eigenvalue weighted by Gasteiger charge is 2.29. The second kappa shape index (κ2) is 15.8. The molecule has 0 fully saturated rings. The topological polar surface area (TPSA) is 50.9 Å². The van der Waals surface area contributed by atoms with Gasteiger partial charge in [0, 0.05) is 28.4 Å². The van der Waals surface area contributed by atoms with E-state index in [-0.39, 0.29) is 63.8 Å². The molecule has 0 amide bonds. The van der Waals surface area contributed by atoms with Gasteiger partial charge in [0.15, 0.2) is 0 Å². The maximum Gasteiger partial charge on any atom is 0.149 e. The van der Waals surface area contributed by atoms with Crippen LogP contribution in [0.4, 0.5) is 0 Å². The quantitative estimate of drug-likeness (QED) is 0.181. The minimum Gasteiger partial charge on any atom is -0.507 e. The zero-order valence-electron chi connectivity index (χ0n) is 46.0. The molecular formula is C59H63N3O. The number of benzene rings is 6. The Morgan fingerprint density at radius 2 is 1.17 bits per heavy atom. The van der Waals surface area contributed by atoms with Crippen LogP contribution < -0.4 is 0 Å². The third kappa shape index (κ3) is 8.61. The van der Waals surface area contributed by atoms with Crippen LogP contribution in [0.5, 0.6) is 5.75 Å². The Morgan fingerprint density at radius 1 is 0.524 bits per heavy atom. The van der Waals surface area contributed by atoms with E-state index < -0.39 is 28.5 Å². The molecule has 0 atom stereocenters. The summed E-state index contributed by atoms with van der Waals surface area (Å²) in [6.45, 7) is 26.6. The zero-order valence-corrected chi connectivity index (χ0v) is 39.0. The first-order chi connectivity index (χ1) is 32.5. The van der Waals surface area contributed by atoms with Gasteiger partial charge < -0.3 is 5.11 Å². The molecule has 0 saturated heterocycles. The van der Waals surface area contributed by atoms with Crippen molar-refractivity contribution in [3.8, 4) is 67.5 Å². The first-order valence-corrected chi connectivity index (χ1v) is 21.8. The molecule has 320 valence electrons. The molecule has 0 unspecified atom stereocenters. The van der Waals surface area contributed by atoms with Gasteiger partial charge in [-0.3, -0.25) is 9.55 Å². The summed E-state index contributed by atoms with van der Waals surface area (Å²) in [7, 11) is 0. The van der Waals surface area contributed by atoms with Crippen LogP contribution in [-0.2, 0) is 21.7 Å². The number of fused-ring (bicyclic) bond motifs is 1. The maximum atomic E-state index is 12.5. The van der Waals surface area contributed by atoms with Gasteiger partial charge in [-0.1, -0.05) is 173 Å². The number of phenols is 1. The Hall–Kier alpha value is -6.26. The number of aryl methyl sites for hydroxylation is 1. The van der Waals surface area contributed by atoms with Gasteiger partial charge in [-0.05, 0) is 116 Å². The summed E-state index contributed by atoms with van der Waals surface area (Å²) in [5.41, 5.74) is 8.95. The lowest BCUT2D eigenvalue weighted by Gasteiger charge is -2.27. The molecule has 8 rings (SSSR count). The van der Waals surface area contributed by atoms with Crippen molar-refractivity contribution in [2.75, 3.05) is 0 Å². The number of aromatic hydroxyl groups is 1. The van der Waals surface area contributed by atoms with Gasteiger partial charge in [0.1, 0.15) is 11.6 Å². The molecule has 8 aromatic rings. The number of nitrogens with zero attached hydrogens (tertiary/aromatic N) is 3. The lowest BCUT2D eigenvalue weighted by molar-refractivity contribution is 0.446. The van der Waals surface area contributed by atoms with E-state index in [0.29, 0.717) is 22.5 Å². The van der Waals surface area contributed by atoms with Gasteiger partial charge in [-0.2, -0.15) is 0 Å². The van der Waals surface area contributed by atoms with E-state index in [2.05, 4.69) is 127 Å². The van der Waals surface area contributed by atoms with E-state index in [1.807, 2.05) is 69.3 Å². The number of hydrogen-bond acceptors (Lipinski definition) is 3. The Balaban J connectivity index is 1.47. The van der Waals surface area contributed by atoms with Gasteiger partial charge >= 0.3 is 0 Å². The molecule has 0 saturated carbocycles. The van der Waals surface area contributed by atoms with Gasteiger partial charge in [0.25, 0.3) is 0 Å². The van der Waals surface area contributed by atoms with Crippen LogP contribution in [0.3, 0.4) is 0 Å². The predicted molar refractivity (Wildman–Crippen MR) is 267 cm³/mol. The van der Waals surface area contributed by atoms with E-state index in [1.165, 1.54) is 0 Å². The van der Waals surface area contributed by atoms with Crippen LogP contribution >= 0.6 is 0 Å². The fourth-order valence-electron chi connectivity index (χ4n) is 8.00. The number of aromatic nitrogens is 3. The normalized spacial score (nSPS) is 14.1. The molecule has 6 aromatic carbocycles. The Bertz CT molecular complexity index is 3370. The number of rotatable bonds is 6. The molecule has 2 heterocycles. The summed E-state index contributed by atoms with van der Waals surface area (Å²) < 4.78 is 66.0. The summed E-state index contributed by atoms with van der Waals surface area (Å²) in [5.74, 6) is 0.722. The highest BCUT2D eigenvalue weighted by atomic mass is 16.3. The van der Waals surface area contributed by atoms with Gasteiger partial charge in [-0.15, -0.1) is 0 Å². The maximum absolute atomic E-state index is 12.5. The Labute approximate surface area is 385 Å². The molecule has 63 heavy (non-hydrogen) atoms. The Kier molecular flexibility index (Phi) is 8.85. The number of imidazole rings is 1. The van der Waals surface area contributed by atoms with Crippen molar-refractivity contribution in [1.29, 1.82) is 0 Å². The van der Waals surface area contributed by atoms with Crippen LogP contribution in [0.1, 0.15) is 120 Å². The molecule has 1 N–H and O–H groups in total. The lowest BCUT2D eigenvalue weighted by atomic mass is 9.79. The van der Waals surface area contributed by atoms with E-state index >= 15 is 0 Å². The fourth-order valence-corrected chi connectivity index (χ4v) is 8.00. The van der Waals surface area contributed by atoms with Crippen molar-refractivity contribution < 1.29 is 14.7 Å². The summed E-state index contributed by atoms with van der Waals surface area (Å²) in [6.07, 6.45) is -0.454. The third-order valence-corrected chi connectivity index (χ3v) is 11.8. The van der Waals surface area contributed by atoms with E-state index in [0.717, 1.165) is 55.7 Å². The molecular weight excluding hydrogens is 767 g/mol. The molecule has 2 aromatic heterocycles. The minimum atomic E-state index is -0.713. The first kappa shape index (κ1) is 35.2. The van der Waals surface area contributed by atoms with Crippen molar-refractivity contribution in [2.45, 2.75) is 112 Å². The van der Waals surface area contributed by atoms with Crippen molar-refractivity contribution >= 4 is 11.0 Å². The van der Waals surface area contributed by atoms with Crippen LogP contribution in [0, 0.1) is 6.92 Å². The highest BCUT2D eigenvalue weighted by molar-refractivity contribution is 5.98. The van der Waals surface area contributed by atoms with Crippen molar-refractivity contribution in [3.05, 3.63) is 167 Å². The monoisotopic (exact) mass is 837 g/mol. The number of para-hydroxylation sites is 1. The molecule has 0 bridgehead atoms. The van der Waals surface area contributed by atoms with Crippen LogP contribution in [0.15, 0.2) is 139 Å². The summed E-state index contributed by atoms with van der Waals surface area (Å²) in [4.78, 5) is 10.1. The summed E-state index contributed by atoms with van der Waals surface area (Å²) in [5, 5.41) is 12.5. The minimum absolute atomic E-state index is 0.0734. The molecule has 0 radical (unpaired) electrons. The van der Waals surface area contributed by atoms with Crippen molar-refractivity contribution in [2.24, 2.45) is 0 Å². The van der Waals surface area contributed by atoms with E-state index in [1.54, 1.807) is 0 Å². The average molecular weight is 837 g/mol. The van der Waals surface area contributed by atoms with E-state index in [4.69, 9.17) is 13.2 Å². The Morgan fingerprint density at radius 3 is 1.83 bits per heavy atom. The molecule has 4 nitrogen and oxygen atoms in total. The van der Waals surface area contributed by atoms with Gasteiger partial charge in [-0.25, -0.2) is 4.98 Å². The molecule has 4 heteroatoms. The van der Waals surface area contributed by atoms with Crippen LogP contribution in [0.2, 0.25) is 0 Å². The predicted octanol–water partition coefficient (Wildman–Crippen LogP) is 16.0. The molecule has 0 aliphatic carbocycles. The summed E-state index contributed by atoms with van der Waals surface area (Å²) >= 11 is 0. The van der Waals surface area contributed by atoms with Crippen molar-refractivity contribution in [3.63, 3.8) is 0 Å².